The molecule has 9 heteroatoms. The van der Waals surface area contributed by atoms with Crippen LogP contribution in [0.1, 0.15) is 31.4 Å². The zero-order valence-electron chi connectivity index (χ0n) is 16.2. The summed E-state index contributed by atoms with van der Waals surface area (Å²) < 4.78 is 33.4. The van der Waals surface area contributed by atoms with E-state index in [0.717, 1.165) is 11.8 Å². The number of halogens is 2. The van der Waals surface area contributed by atoms with Gasteiger partial charge in [-0.2, -0.15) is 0 Å². The Bertz CT molecular complexity index is 902. The molecule has 1 aliphatic heterocycles. The van der Waals surface area contributed by atoms with E-state index in [1.807, 2.05) is 0 Å². The first-order valence-electron chi connectivity index (χ1n) is 9.31. The number of benzene rings is 2. The van der Waals surface area contributed by atoms with E-state index in [2.05, 4.69) is 10.2 Å². The highest BCUT2D eigenvalue weighted by Gasteiger charge is 2.24. The van der Waals surface area contributed by atoms with Crippen LogP contribution >= 0.6 is 0 Å². The first kappa shape index (κ1) is 20.8. The molecule has 1 fully saturated rings. The molecule has 2 N–H and O–H groups in total. The number of hydrogen-bond acceptors (Lipinski definition) is 6. The molecule has 0 aliphatic carbocycles. The maximum atomic E-state index is 14.4. The van der Waals surface area contributed by atoms with Gasteiger partial charge in [-0.1, -0.05) is 0 Å². The Morgan fingerprint density at radius 2 is 1.97 bits per heavy atom. The molecular formula is C20H23F2N3O4. The van der Waals surface area contributed by atoms with E-state index < -0.39 is 28.3 Å². The summed E-state index contributed by atoms with van der Waals surface area (Å²) in [5, 5.41) is 23.7. The van der Waals surface area contributed by atoms with Crippen LogP contribution in [0.5, 0.6) is 5.75 Å². The van der Waals surface area contributed by atoms with Crippen LogP contribution in [0.25, 0.3) is 0 Å². The van der Waals surface area contributed by atoms with E-state index in [4.69, 9.17) is 4.74 Å². The van der Waals surface area contributed by atoms with E-state index >= 15 is 0 Å². The zero-order valence-corrected chi connectivity index (χ0v) is 16.2. The summed E-state index contributed by atoms with van der Waals surface area (Å²) in [4.78, 5) is 12.4. The van der Waals surface area contributed by atoms with Crippen molar-refractivity contribution in [2.24, 2.45) is 0 Å². The highest BCUT2D eigenvalue weighted by atomic mass is 19.1. The van der Waals surface area contributed by atoms with Gasteiger partial charge in [-0.05, 0) is 38.0 Å². The summed E-state index contributed by atoms with van der Waals surface area (Å²) in [6, 6.07) is 5.96. The molecule has 3 rings (SSSR count). The van der Waals surface area contributed by atoms with E-state index in [9.17, 15) is 24.0 Å². The zero-order chi connectivity index (χ0) is 21.1. The van der Waals surface area contributed by atoms with Gasteiger partial charge in [-0.3, -0.25) is 10.1 Å². The summed E-state index contributed by atoms with van der Waals surface area (Å²) in [7, 11) is 1.27. The minimum Gasteiger partial charge on any atom is -0.490 e. The van der Waals surface area contributed by atoms with Gasteiger partial charge in [0.2, 0.25) is 0 Å². The molecule has 1 aliphatic rings. The van der Waals surface area contributed by atoms with E-state index in [-0.39, 0.29) is 17.5 Å². The van der Waals surface area contributed by atoms with Crippen LogP contribution in [0, 0.1) is 21.7 Å². The van der Waals surface area contributed by atoms with Crippen LogP contribution in [-0.4, -0.2) is 36.3 Å². The van der Waals surface area contributed by atoms with Crippen LogP contribution in [0.3, 0.4) is 0 Å². The number of nitrogens with one attached hydrogen (secondary N) is 1. The topological polar surface area (TPSA) is 87.9 Å². The van der Waals surface area contributed by atoms with Crippen molar-refractivity contribution in [1.82, 2.24) is 0 Å². The highest BCUT2D eigenvalue weighted by molar-refractivity contribution is 5.62. The Balaban J connectivity index is 1.90. The Hall–Kier alpha value is -2.94. The molecule has 0 amide bonds. The smallest absolute Gasteiger partial charge is 0.313 e. The molecule has 29 heavy (non-hydrogen) atoms. The Labute approximate surface area is 167 Å². The SMILES string of the molecule is COc1cc(NC(C)c2cc(F)ccc2N2CCC(O)CC2)c(F)cc1[N+](=O)[O-]. The minimum atomic E-state index is -0.802. The Morgan fingerprint density at radius 3 is 2.59 bits per heavy atom. The van der Waals surface area contributed by atoms with Crippen molar-refractivity contribution in [3.05, 3.63) is 57.6 Å². The molecular weight excluding hydrogens is 384 g/mol. The first-order valence-corrected chi connectivity index (χ1v) is 9.31. The highest BCUT2D eigenvalue weighted by Crippen LogP contribution is 2.36. The molecule has 0 spiro atoms. The third-order valence-corrected chi connectivity index (χ3v) is 5.10. The van der Waals surface area contributed by atoms with Crippen molar-refractivity contribution >= 4 is 17.1 Å². The van der Waals surface area contributed by atoms with Gasteiger partial charge < -0.3 is 20.1 Å². The molecule has 1 atom stereocenters. The van der Waals surface area contributed by atoms with Crippen molar-refractivity contribution in [2.75, 3.05) is 30.4 Å². The van der Waals surface area contributed by atoms with Crippen LogP contribution < -0.4 is 15.0 Å². The van der Waals surface area contributed by atoms with E-state index in [1.54, 1.807) is 13.0 Å². The maximum Gasteiger partial charge on any atom is 0.313 e. The number of nitro groups is 1. The summed E-state index contributed by atoms with van der Waals surface area (Å²) in [6.07, 6.45) is 0.895. The molecule has 2 aromatic rings. The van der Waals surface area contributed by atoms with Gasteiger partial charge in [-0.25, -0.2) is 8.78 Å². The van der Waals surface area contributed by atoms with Gasteiger partial charge in [0, 0.05) is 30.4 Å². The molecule has 1 heterocycles. The van der Waals surface area contributed by atoms with Gasteiger partial charge >= 0.3 is 5.69 Å². The average molecular weight is 407 g/mol. The minimum absolute atomic E-state index is 0.0178. The number of nitro benzene ring substituents is 1. The molecule has 7 nitrogen and oxygen atoms in total. The first-order chi connectivity index (χ1) is 13.8. The maximum absolute atomic E-state index is 14.4. The molecule has 0 saturated carbocycles. The van der Waals surface area contributed by atoms with E-state index in [0.29, 0.717) is 31.5 Å². The second-order valence-electron chi connectivity index (χ2n) is 7.05. The van der Waals surface area contributed by atoms with Crippen molar-refractivity contribution < 1.29 is 23.5 Å². The third-order valence-electron chi connectivity index (χ3n) is 5.10. The summed E-state index contributed by atoms with van der Waals surface area (Å²) in [6.45, 7) is 3.02. The fraction of sp³-hybridized carbons (Fsp3) is 0.400. The number of ether oxygens (including phenoxy) is 1. The molecule has 0 bridgehead atoms. The number of hydrogen-bond donors (Lipinski definition) is 2. The normalized spacial score (nSPS) is 15.8. The van der Waals surface area contributed by atoms with Crippen molar-refractivity contribution in [2.45, 2.75) is 31.9 Å². The second-order valence-corrected chi connectivity index (χ2v) is 7.05. The second kappa shape index (κ2) is 8.60. The summed E-state index contributed by atoms with van der Waals surface area (Å²) in [5.74, 6) is -1.30. The van der Waals surface area contributed by atoms with Gasteiger partial charge in [0.1, 0.15) is 5.82 Å². The largest absolute Gasteiger partial charge is 0.490 e. The Morgan fingerprint density at radius 1 is 1.28 bits per heavy atom. The van der Waals surface area contributed by atoms with Gasteiger partial charge in [0.05, 0.1) is 35.9 Å². The van der Waals surface area contributed by atoms with Crippen molar-refractivity contribution in [1.29, 1.82) is 0 Å². The fourth-order valence-corrected chi connectivity index (χ4v) is 3.54. The Kier molecular flexibility index (Phi) is 6.17. The fourth-order valence-electron chi connectivity index (χ4n) is 3.54. The van der Waals surface area contributed by atoms with Gasteiger partial charge in [0.15, 0.2) is 11.6 Å². The lowest BCUT2D eigenvalue weighted by atomic mass is 10.0. The van der Waals surface area contributed by atoms with E-state index in [1.165, 1.54) is 25.3 Å². The molecule has 0 aromatic heterocycles. The lowest BCUT2D eigenvalue weighted by Crippen LogP contribution is -2.36. The standard InChI is InChI=1S/C20H23F2N3O4/c1-12(23-17-11-20(29-2)19(25(27)28)10-16(17)22)15-9-13(21)3-4-18(15)24-7-5-14(26)6-8-24/h3-4,9-12,14,23,26H,5-8H2,1-2H3. The van der Waals surface area contributed by atoms with Crippen LogP contribution in [0.15, 0.2) is 30.3 Å². The molecule has 156 valence electrons. The number of aliphatic hydroxyl groups is 1. The molecule has 0 radical (unpaired) electrons. The number of aliphatic hydroxyl groups excluding tert-OH is 1. The molecule has 1 saturated heterocycles. The molecule has 1 unspecified atom stereocenters. The quantitative estimate of drug-likeness (QED) is 0.556. The van der Waals surface area contributed by atoms with Crippen LogP contribution in [-0.2, 0) is 0 Å². The lowest BCUT2D eigenvalue weighted by Gasteiger charge is -2.34. The van der Waals surface area contributed by atoms with Gasteiger partial charge in [0.25, 0.3) is 0 Å². The van der Waals surface area contributed by atoms with Crippen molar-refractivity contribution in [3.8, 4) is 5.75 Å². The van der Waals surface area contributed by atoms with Crippen LogP contribution in [0.4, 0.5) is 25.8 Å². The van der Waals surface area contributed by atoms with Crippen molar-refractivity contribution in [3.63, 3.8) is 0 Å². The number of piperidine rings is 1. The predicted octanol–water partition coefficient (Wildman–Crippen LogP) is 4.02. The molecule has 2 aromatic carbocycles. The number of anilines is 2. The number of nitrogens with zero attached hydrogens (tertiary/aromatic N) is 2. The third kappa shape index (κ3) is 4.56. The monoisotopic (exact) mass is 407 g/mol. The summed E-state index contributed by atoms with van der Waals surface area (Å²) in [5.41, 5.74) is 0.969. The number of rotatable bonds is 6. The number of methoxy groups -OCH3 is 1. The average Bonchev–Trinajstić information content (AvgIpc) is 2.69. The summed E-state index contributed by atoms with van der Waals surface area (Å²) >= 11 is 0. The van der Waals surface area contributed by atoms with Gasteiger partial charge in [-0.15, -0.1) is 0 Å². The predicted molar refractivity (Wildman–Crippen MR) is 105 cm³/mol. The lowest BCUT2D eigenvalue weighted by molar-refractivity contribution is -0.385. The van der Waals surface area contributed by atoms with Crippen LogP contribution in [0.2, 0.25) is 0 Å².